The summed E-state index contributed by atoms with van der Waals surface area (Å²) in [7, 11) is 0. The Morgan fingerprint density at radius 2 is 1.82 bits per heavy atom. The number of nitrogens with one attached hydrogen (secondary N) is 1. The van der Waals surface area contributed by atoms with E-state index in [9.17, 15) is 0 Å². The van der Waals surface area contributed by atoms with E-state index in [2.05, 4.69) is 24.1 Å². The summed E-state index contributed by atoms with van der Waals surface area (Å²) in [6.45, 7) is 11.3. The standard InChI is InChI=1S/C14H28N2.ClH/c1-12(2)9-14-5-8-16(11-14)10-13-3-6-15-7-4-13;/h12-15H,3-11H2,1-2H3;1H. The Labute approximate surface area is 113 Å². The molecule has 2 nitrogen and oxygen atoms in total. The predicted octanol–water partition coefficient (Wildman–Crippen LogP) is 2.78. The molecule has 2 saturated heterocycles. The lowest BCUT2D eigenvalue weighted by atomic mass is 9.96. The first kappa shape index (κ1) is 15.3. The van der Waals surface area contributed by atoms with Crippen LogP contribution in [-0.2, 0) is 0 Å². The van der Waals surface area contributed by atoms with Gasteiger partial charge in [-0.2, -0.15) is 0 Å². The zero-order chi connectivity index (χ0) is 11.4. The third-order valence-electron chi connectivity index (χ3n) is 4.15. The number of hydrogen-bond acceptors (Lipinski definition) is 2. The minimum atomic E-state index is 0. The van der Waals surface area contributed by atoms with Gasteiger partial charge in [-0.05, 0) is 63.1 Å². The number of nitrogens with zero attached hydrogens (tertiary/aromatic N) is 1. The van der Waals surface area contributed by atoms with E-state index in [0.29, 0.717) is 0 Å². The van der Waals surface area contributed by atoms with E-state index in [0.717, 1.165) is 17.8 Å². The summed E-state index contributed by atoms with van der Waals surface area (Å²) in [6, 6.07) is 0. The molecule has 0 radical (unpaired) electrons. The molecule has 0 bridgehead atoms. The molecule has 2 heterocycles. The van der Waals surface area contributed by atoms with Gasteiger partial charge in [0.15, 0.2) is 0 Å². The van der Waals surface area contributed by atoms with Gasteiger partial charge in [0.1, 0.15) is 0 Å². The summed E-state index contributed by atoms with van der Waals surface area (Å²) in [5.41, 5.74) is 0. The van der Waals surface area contributed by atoms with Crippen molar-refractivity contribution in [2.24, 2.45) is 17.8 Å². The van der Waals surface area contributed by atoms with Crippen molar-refractivity contribution >= 4 is 12.4 Å². The number of halogens is 1. The Kier molecular flexibility index (Phi) is 6.83. The van der Waals surface area contributed by atoms with Crippen molar-refractivity contribution in [3.63, 3.8) is 0 Å². The number of rotatable bonds is 4. The molecule has 0 aromatic carbocycles. The van der Waals surface area contributed by atoms with Gasteiger partial charge >= 0.3 is 0 Å². The van der Waals surface area contributed by atoms with Gasteiger partial charge in [0.25, 0.3) is 0 Å². The highest BCUT2D eigenvalue weighted by atomic mass is 35.5. The van der Waals surface area contributed by atoms with Crippen molar-refractivity contribution in [3.05, 3.63) is 0 Å². The highest BCUT2D eigenvalue weighted by Gasteiger charge is 2.25. The number of piperidine rings is 1. The molecule has 2 aliphatic rings. The fraction of sp³-hybridized carbons (Fsp3) is 1.00. The normalized spacial score (nSPS) is 27.4. The lowest BCUT2D eigenvalue weighted by Crippen LogP contribution is -2.35. The summed E-state index contributed by atoms with van der Waals surface area (Å²) in [4.78, 5) is 2.73. The molecule has 0 spiro atoms. The Morgan fingerprint density at radius 1 is 1.12 bits per heavy atom. The first-order valence-corrected chi connectivity index (χ1v) is 7.17. The van der Waals surface area contributed by atoms with Crippen molar-refractivity contribution < 1.29 is 0 Å². The van der Waals surface area contributed by atoms with Gasteiger partial charge in [0.2, 0.25) is 0 Å². The average molecular weight is 261 g/mol. The van der Waals surface area contributed by atoms with Crippen LogP contribution >= 0.6 is 12.4 Å². The van der Waals surface area contributed by atoms with Crippen molar-refractivity contribution in [2.45, 2.75) is 39.5 Å². The van der Waals surface area contributed by atoms with Gasteiger partial charge in [-0.1, -0.05) is 13.8 Å². The molecule has 2 aliphatic heterocycles. The highest BCUT2D eigenvalue weighted by Crippen LogP contribution is 2.25. The minimum Gasteiger partial charge on any atom is -0.317 e. The fourth-order valence-electron chi connectivity index (χ4n) is 3.37. The summed E-state index contributed by atoms with van der Waals surface area (Å²) in [6.07, 6.45) is 5.67. The van der Waals surface area contributed by atoms with E-state index in [1.54, 1.807) is 0 Å². The molecule has 1 atom stereocenters. The quantitative estimate of drug-likeness (QED) is 0.836. The molecule has 0 aromatic rings. The molecule has 0 aromatic heterocycles. The van der Waals surface area contributed by atoms with E-state index in [1.165, 1.54) is 58.4 Å². The first-order valence-electron chi connectivity index (χ1n) is 7.17. The van der Waals surface area contributed by atoms with Crippen LogP contribution in [0, 0.1) is 17.8 Å². The van der Waals surface area contributed by atoms with Crippen LogP contribution < -0.4 is 5.32 Å². The third-order valence-corrected chi connectivity index (χ3v) is 4.15. The van der Waals surface area contributed by atoms with Crippen LogP contribution in [-0.4, -0.2) is 37.6 Å². The van der Waals surface area contributed by atoms with Crippen LogP contribution in [0.2, 0.25) is 0 Å². The number of hydrogen-bond donors (Lipinski definition) is 1. The third kappa shape index (κ3) is 5.15. The highest BCUT2D eigenvalue weighted by molar-refractivity contribution is 5.85. The van der Waals surface area contributed by atoms with Gasteiger partial charge in [-0.15, -0.1) is 12.4 Å². The Morgan fingerprint density at radius 3 is 2.47 bits per heavy atom. The molecule has 0 saturated carbocycles. The molecule has 0 amide bonds. The average Bonchev–Trinajstić information content (AvgIpc) is 2.66. The van der Waals surface area contributed by atoms with Crippen LogP contribution in [0.3, 0.4) is 0 Å². The molecular weight excluding hydrogens is 232 g/mol. The van der Waals surface area contributed by atoms with Crippen molar-refractivity contribution in [3.8, 4) is 0 Å². The van der Waals surface area contributed by atoms with E-state index >= 15 is 0 Å². The Bertz CT molecular complexity index is 202. The lowest BCUT2D eigenvalue weighted by Gasteiger charge is -2.27. The van der Waals surface area contributed by atoms with Crippen molar-refractivity contribution in [1.82, 2.24) is 10.2 Å². The molecule has 2 rings (SSSR count). The summed E-state index contributed by atoms with van der Waals surface area (Å²) >= 11 is 0. The van der Waals surface area contributed by atoms with Gasteiger partial charge in [-0.25, -0.2) is 0 Å². The van der Waals surface area contributed by atoms with E-state index in [-0.39, 0.29) is 12.4 Å². The zero-order valence-electron chi connectivity index (χ0n) is 11.5. The molecule has 0 aliphatic carbocycles. The van der Waals surface area contributed by atoms with E-state index in [4.69, 9.17) is 0 Å². The van der Waals surface area contributed by atoms with Gasteiger partial charge < -0.3 is 10.2 Å². The second-order valence-corrected chi connectivity index (χ2v) is 6.24. The smallest absolute Gasteiger partial charge is 0.00107 e. The fourth-order valence-corrected chi connectivity index (χ4v) is 3.37. The molecule has 1 unspecified atom stereocenters. The van der Waals surface area contributed by atoms with Gasteiger partial charge in [-0.3, -0.25) is 0 Å². The van der Waals surface area contributed by atoms with Crippen LogP contribution in [0.25, 0.3) is 0 Å². The zero-order valence-corrected chi connectivity index (χ0v) is 12.3. The van der Waals surface area contributed by atoms with Gasteiger partial charge in [0.05, 0.1) is 0 Å². The van der Waals surface area contributed by atoms with Crippen LogP contribution in [0.15, 0.2) is 0 Å². The molecule has 17 heavy (non-hydrogen) atoms. The summed E-state index contributed by atoms with van der Waals surface area (Å²) in [5.74, 6) is 2.84. The van der Waals surface area contributed by atoms with Crippen molar-refractivity contribution in [1.29, 1.82) is 0 Å². The van der Waals surface area contributed by atoms with Crippen LogP contribution in [0.5, 0.6) is 0 Å². The van der Waals surface area contributed by atoms with E-state index < -0.39 is 0 Å². The summed E-state index contributed by atoms with van der Waals surface area (Å²) < 4.78 is 0. The second-order valence-electron chi connectivity index (χ2n) is 6.24. The Hall–Kier alpha value is 0.210. The topological polar surface area (TPSA) is 15.3 Å². The minimum absolute atomic E-state index is 0. The number of likely N-dealkylation sites (tertiary alicyclic amines) is 1. The molecule has 3 heteroatoms. The molecular formula is C14H29ClN2. The van der Waals surface area contributed by atoms with Crippen LogP contribution in [0.4, 0.5) is 0 Å². The van der Waals surface area contributed by atoms with Crippen LogP contribution in [0.1, 0.15) is 39.5 Å². The van der Waals surface area contributed by atoms with E-state index in [1.807, 2.05) is 0 Å². The maximum atomic E-state index is 3.46. The van der Waals surface area contributed by atoms with Crippen molar-refractivity contribution in [2.75, 3.05) is 32.7 Å². The van der Waals surface area contributed by atoms with Gasteiger partial charge in [0, 0.05) is 13.1 Å². The predicted molar refractivity (Wildman–Crippen MR) is 76.8 cm³/mol. The SMILES string of the molecule is CC(C)CC1CCN(CC2CCNCC2)C1.Cl. The first-order chi connectivity index (χ1) is 7.74. The molecule has 102 valence electrons. The largest absolute Gasteiger partial charge is 0.317 e. The summed E-state index contributed by atoms with van der Waals surface area (Å²) in [5, 5.41) is 3.46. The molecule has 2 fully saturated rings. The maximum Gasteiger partial charge on any atom is 0.00107 e. The lowest BCUT2D eigenvalue weighted by molar-refractivity contribution is 0.231. The molecule has 1 N–H and O–H groups in total. The Balaban J connectivity index is 0.00000144. The monoisotopic (exact) mass is 260 g/mol. The second kappa shape index (κ2) is 7.60. The maximum absolute atomic E-state index is 3.46.